The Bertz CT molecular complexity index is 1220. The number of benzene rings is 2. The van der Waals surface area contributed by atoms with Gasteiger partial charge in [-0.05, 0) is 47.8 Å². The van der Waals surface area contributed by atoms with Crippen molar-refractivity contribution in [1.29, 1.82) is 0 Å². The molecule has 0 saturated carbocycles. The van der Waals surface area contributed by atoms with Crippen molar-refractivity contribution in [1.82, 2.24) is 4.90 Å². The summed E-state index contributed by atoms with van der Waals surface area (Å²) in [6.45, 7) is 15.3. The summed E-state index contributed by atoms with van der Waals surface area (Å²) in [5, 5.41) is 11.6. The number of aliphatic hydroxyl groups excluding tert-OH is 1. The van der Waals surface area contributed by atoms with E-state index < -0.39 is 50.4 Å². The van der Waals surface area contributed by atoms with Gasteiger partial charge in [0.2, 0.25) is 5.91 Å². The smallest absolute Gasteiger partial charge is 0.416 e. The van der Waals surface area contributed by atoms with Crippen molar-refractivity contribution in [3.05, 3.63) is 65.7 Å². The van der Waals surface area contributed by atoms with Crippen molar-refractivity contribution in [3.8, 4) is 5.75 Å². The molecule has 1 saturated heterocycles. The SMILES string of the molecule is COC[C@@H](C[C@@H](O[Si](C)(C)C(C)(C)C)[C@H](C)[C@H](O)[C@@H](C)C(=O)N1C(=O)OC[C@H]1Cc1ccccc1)OCc1ccc(OC)cc1. The van der Waals surface area contributed by atoms with Gasteiger partial charge in [-0.1, -0.05) is 77.1 Å². The highest BCUT2D eigenvalue weighted by molar-refractivity contribution is 6.74. The van der Waals surface area contributed by atoms with Crippen LogP contribution in [0, 0.1) is 11.8 Å². The molecule has 6 atom stereocenters. The van der Waals surface area contributed by atoms with Gasteiger partial charge in [-0.15, -0.1) is 0 Å². The van der Waals surface area contributed by atoms with E-state index in [2.05, 4.69) is 33.9 Å². The summed E-state index contributed by atoms with van der Waals surface area (Å²) >= 11 is 0. The highest BCUT2D eigenvalue weighted by Gasteiger charge is 2.45. The lowest BCUT2D eigenvalue weighted by Gasteiger charge is -2.43. The summed E-state index contributed by atoms with van der Waals surface area (Å²) in [7, 11) is 0.956. The number of carbonyl (C=O) groups excluding carboxylic acids is 2. The minimum Gasteiger partial charge on any atom is -0.497 e. The standard InChI is InChI=1S/C35H53NO8Si/c1-24(32(37)25(2)33(38)36-28(22-43-34(36)39)19-26-13-11-10-12-14-26)31(44-45(8,9)35(3,4)5)20-30(23-40-6)42-21-27-15-17-29(41-7)18-16-27/h10-18,24-25,28,30-32,37H,19-23H2,1-9H3/t24-,25+,28+,30+,31+,32-/m0/s1. The van der Waals surface area contributed by atoms with E-state index >= 15 is 0 Å². The van der Waals surface area contributed by atoms with Gasteiger partial charge in [0.05, 0.1) is 50.6 Å². The molecule has 45 heavy (non-hydrogen) atoms. The molecule has 0 aliphatic carbocycles. The lowest BCUT2D eigenvalue weighted by molar-refractivity contribution is -0.139. The van der Waals surface area contributed by atoms with Gasteiger partial charge in [0.1, 0.15) is 12.4 Å². The van der Waals surface area contributed by atoms with E-state index in [1.54, 1.807) is 21.1 Å². The van der Waals surface area contributed by atoms with E-state index in [0.29, 0.717) is 26.1 Å². The average molecular weight is 644 g/mol. The summed E-state index contributed by atoms with van der Waals surface area (Å²) in [5.41, 5.74) is 2.00. The number of carbonyl (C=O) groups is 2. The van der Waals surface area contributed by atoms with Gasteiger partial charge >= 0.3 is 6.09 Å². The van der Waals surface area contributed by atoms with E-state index in [1.807, 2.05) is 61.5 Å². The maximum Gasteiger partial charge on any atom is 0.416 e. The number of cyclic esters (lactones) is 1. The van der Waals surface area contributed by atoms with Crippen molar-refractivity contribution in [2.24, 2.45) is 11.8 Å². The Kier molecular flexibility index (Phi) is 13.2. The highest BCUT2D eigenvalue weighted by atomic mass is 28.4. The van der Waals surface area contributed by atoms with Crippen molar-refractivity contribution < 1.29 is 38.1 Å². The lowest BCUT2D eigenvalue weighted by atomic mass is 9.86. The molecule has 2 aromatic rings. The Balaban J connectivity index is 1.79. The first-order chi connectivity index (χ1) is 21.2. The van der Waals surface area contributed by atoms with E-state index in [9.17, 15) is 14.7 Å². The second kappa shape index (κ2) is 16.2. The maximum absolute atomic E-state index is 13.8. The molecular weight excluding hydrogens is 590 g/mol. The molecule has 2 aromatic carbocycles. The van der Waals surface area contributed by atoms with Crippen molar-refractivity contribution in [2.45, 2.75) is 96.6 Å². The summed E-state index contributed by atoms with van der Waals surface area (Å²) in [5.74, 6) is -0.994. The van der Waals surface area contributed by atoms with Gasteiger partial charge in [-0.2, -0.15) is 0 Å². The van der Waals surface area contributed by atoms with Crippen LogP contribution < -0.4 is 4.74 Å². The fourth-order valence-electron chi connectivity index (χ4n) is 5.30. The maximum atomic E-state index is 13.8. The van der Waals surface area contributed by atoms with Crippen LogP contribution in [0.2, 0.25) is 18.1 Å². The quantitative estimate of drug-likeness (QED) is 0.215. The van der Waals surface area contributed by atoms with Crippen LogP contribution in [0.3, 0.4) is 0 Å². The topological polar surface area (TPSA) is 104 Å². The number of imide groups is 1. The van der Waals surface area contributed by atoms with E-state index in [-0.39, 0.29) is 17.7 Å². The van der Waals surface area contributed by atoms with Crippen molar-refractivity contribution in [3.63, 3.8) is 0 Å². The van der Waals surface area contributed by atoms with Crippen LogP contribution in [0.4, 0.5) is 4.79 Å². The molecule has 250 valence electrons. The van der Waals surface area contributed by atoms with E-state index in [4.69, 9.17) is 23.4 Å². The van der Waals surface area contributed by atoms with Gasteiger partial charge in [0.15, 0.2) is 8.32 Å². The molecule has 1 fully saturated rings. The molecule has 1 heterocycles. The molecule has 10 heteroatoms. The predicted molar refractivity (Wildman–Crippen MR) is 177 cm³/mol. The van der Waals surface area contributed by atoms with Crippen LogP contribution in [0.5, 0.6) is 5.75 Å². The Morgan fingerprint density at radius 1 is 1.04 bits per heavy atom. The highest BCUT2D eigenvalue weighted by Crippen LogP contribution is 2.40. The second-order valence-electron chi connectivity index (χ2n) is 13.7. The number of hydrogen-bond acceptors (Lipinski definition) is 8. The number of rotatable bonds is 16. The minimum absolute atomic E-state index is 0.0813. The van der Waals surface area contributed by atoms with Crippen LogP contribution in [0.25, 0.3) is 0 Å². The van der Waals surface area contributed by atoms with Gasteiger partial charge in [0.25, 0.3) is 0 Å². The number of ether oxygens (including phenoxy) is 4. The number of amides is 2. The molecule has 0 aromatic heterocycles. The Labute approximate surface area is 270 Å². The number of hydrogen-bond donors (Lipinski definition) is 1. The molecule has 1 aliphatic rings. The Morgan fingerprint density at radius 3 is 2.27 bits per heavy atom. The number of nitrogens with zero attached hydrogens (tertiary/aromatic N) is 1. The lowest BCUT2D eigenvalue weighted by Crippen LogP contribution is -2.51. The van der Waals surface area contributed by atoms with Crippen LogP contribution >= 0.6 is 0 Å². The van der Waals surface area contributed by atoms with Crippen LogP contribution in [0.15, 0.2) is 54.6 Å². The third-order valence-corrected chi connectivity index (χ3v) is 13.8. The van der Waals surface area contributed by atoms with Crippen molar-refractivity contribution in [2.75, 3.05) is 27.4 Å². The molecule has 3 rings (SSSR count). The van der Waals surface area contributed by atoms with Crippen LogP contribution in [-0.4, -0.2) is 82.1 Å². The molecule has 1 N–H and O–H groups in total. The summed E-state index contributed by atoms with van der Waals surface area (Å²) in [6, 6.07) is 17.0. The third-order valence-electron chi connectivity index (χ3n) is 9.28. The molecule has 0 radical (unpaired) electrons. The fraction of sp³-hybridized carbons (Fsp3) is 0.600. The first kappa shape index (κ1) is 36.7. The van der Waals surface area contributed by atoms with Gasteiger partial charge in [0, 0.05) is 19.4 Å². The van der Waals surface area contributed by atoms with E-state index in [1.165, 1.54) is 4.90 Å². The Morgan fingerprint density at radius 2 is 1.69 bits per heavy atom. The fourth-order valence-corrected chi connectivity index (χ4v) is 6.72. The van der Waals surface area contributed by atoms with Gasteiger partial charge in [-0.25, -0.2) is 9.69 Å². The minimum atomic E-state index is -2.31. The largest absolute Gasteiger partial charge is 0.497 e. The molecule has 2 amide bonds. The molecule has 9 nitrogen and oxygen atoms in total. The average Bonchev–Trinajstić information content (AvgIpc) is 3.37. The van der Waals surface area contributed by atoms with Crippen molar-refractivity contribution >= 4 is 20.3 Å². The number of aliphatic hydroxyl groups is 1. The zero-order valence-corrected chi connectivity index (χ0v) is 29.4. The zero-order valence-electron chi connectivity index (χ0n) is 28.4. The Hall–Kier alpha value is -2.76. The summed E-state index contributed by atoms with van der Waals surface area (Å²) < 4.78 is 29.4. The molecule has 0 bridgehead atoms. The first-order valence-corrected chi connectivity index (χ1v) is 18.7. The van der Waals surface area contributed by atoms with Gasteiger partial charge < -0.3 is 28.5 Å². The second-order valence-corrected chi connectivity index (χ2v) is 18.4. The van der Waals surface area contributed by atoms with Gasteiger partial charge in [-0.3, -0.25) is 4.79 Å². The van der Waals surface area contributed by atoms with E-state index in [0.717, 1.165) is 16.9 Å². The first-order valence-electron chi connectivity index (χ1n) is 15.8. The monoisotopic (exact) mass is 643 g/mol. The molecule has 0 spiro atoms. The molecular formula is C35H53NO8Si. The third kappa shape index (κ3) is 9.86. The number of methoxy groups -OCH3 is 2. The van der Waals surface area contributed by atoms with Crippen LogP contribution in [0.1, 0.15) is 52.2 Å². The summed E-state index contributed by atoms with van der Waals surface area (Å²) in [4.78, 5) is 27.7. The molecule has 0 unspecified atom stereocenters. The zero-order chi connectivity index (χ0) is 33.4. The molecule has 1 aliphatic heterocycles. The normalized spacial score (nSPS) is 19.0. The summed E-state index contributed by atoms with van der Waals surface area (Å²) in [6.07, 6.45) is -1.57. The predicted octanol–water partition coefficient (Wildman–Crippen LogP) is 6.23. The van der Waals surface area contributed by atoms with Crippen LogP contribution in [-0.2, 0) is 36.5 Å².